The molecule has 0 aliphatic rings. The molecule has 0 radical (unpaired) electrons. The summed E-state index contributed by atoms with van der Waals surface area (Å²) in [5.74, 6) is 0.0132. The van der Waals surface area contributed by atoms with Crippen LogP contribution in [0.25, 0.3) is 22.3 Å². The third-order valence-electron chi connectivity index (χ3n) is 3.01. The fourth-order valence-electron chi connectivity index (χ4n) is 1.99. The van der Waals surface area contributed by atoms with Crippen LogP contribution in [0.4, 0.5) is 0 Å². The summed E-state index contributed by atoms with van der Waals surface area (Å²) in [6.07, 6.45) is 1.67. The molecule has 92 valence electrons. The summed E-state index contributed by atoms with van der Waals surface area (Å²) in [5, 5.41) is 34.4. The van der Waals surface area contributed by atoms with Crippen molar-refractivity contribution in [2.24, 2.45) is 0 Å². The normalized spacial score (nSPS) is 10.5. The fourth-order valence-corrected chi connectivity index (χ4v) is 1.99. The zero-order valence-corrected chi connectivity index (χ0v) is 10.0. The SMILES string of the molecule is Cc1c(-c2ccc(C#N)cc2O)nnc2[nH]ncc12. The van der Waals surface area contributed by atoms with Gasteiger partial charge >= 0.3 is 0 Å². The van der Waals surface area contributed by atoms with E-state index in [2.05, 4.69) is 20.4 Å². The molecule has 6 heteroatoms. The minimum atomic E-state index is 0.0132. The molecule has 0 spiro atoms. The number of nitriles is 1. The Morgan fingerprint density at radius 1 is 1.32 bits per heavy atom. The van der Waals surface area contributed by atoms with Gasteiger partial charge in [0.1, 0.15) is 11.4 Å². The average Bonchev–Trinajstić information content (AvgIpc) is 2.89. The van der Waals surface area contributed by atoms with E-state index in [4.69, 9.17) is 5.26 Å². The van der Waals surface area contributed by atoms with Gasteiger partial charge in [-0.15, -0.1) is 10.2 Å². The zero-order valence-electron chi connectivity index (χ0n) is 10.0. The third kappa shape index (κ3) is 1.68. The van der Waals surface area contributed by atoms with Crippen molar-refractivity contribution >= 4 is 11.0 Å². The van der Waals surface area contributed by atoms with Gasteiger partial charge in [-0.1, -0.05) is 0 Å². The molecule has 2 heterocycles. The van der Waals surface area contributed by atoms with Gasteiger partial charge in [0.15, 0.2) is 5.65 Å². The number of phenols is 1. The van der Waals surface area contributed by atoms with Crippen LogP contribution < -0.4 is 0 Å². The molecule has 0 fully saturated rings. The summed E-state index contributed by atoms with van der Waals surface area (Å²) < 4.78 is 0. The second-order valence-corrected chi connectivity index (χ2v) is 4.15. The lowest BCUT2D eigenvalue weighted by Gasteiger charge is -2.07. The standard InChI is InChI=1S/C13H9N5O/c1-7-10-6-15-17-13(10)18-16-12(7)9-3-2-8(5-14)4-11(9)19/h2-4,6,19H,1H3,(H,15,17,18). The summed E-state index contributed by atoms with van der Waals surface area (Å²) >= 11 is 0. The first kappa shape index (κ1) is 11.2. The van der Waals surface area contributed by atoms with Crippen molar-refractivity contribution in [2.45, 2.75) is 6.92 Å². The number of nitrogens with one attached hydrogen (secondary N) is 1. The molecule has 19 heavy (non-hydrogen) atoms. The molecule has 0 aliphatic heterocycles. The molecule has 0 aliphatic carbocycles. The van der Waals surface area contributed by atoms with Crippen molar-refractivity contribution in [3.05, 3.63) is 35.5 Å². The number of hydrogen-bond donors (Lipinski definition) is 2. The van der Waals surface area contributed by atoms with Gasteiger partial charge in [-0.05, 0) is 30.7 Å². The highest BCUT2D eigenvalue weighted by Crippen LogP contribution is 2.32. The summed E-state index contributed by atoms with van der Waals surface area (Å²) in [5.41, 5.74) is 3.01. The predicted octanol–water partition coefficient (Wildman–Crippen LogP) is 1.91. The highest BCUT2D eigenvalue weighted by Gasteiger charge is 2.13. The van der Waals surface area contributed by atoms with E-state index in [9.17, 15) is 5.11 Å². The lowest BCUT2D eigenvalue weighted by molar-refractivity contribution is 0.477. The maximum absolute atomic E-state index is 9.98. The first-order chi connectivity index (χ1) is 9.20. The average molecular weight is 251 g/mol. The van der Waals surface area contributed by atoms with Crippen LogP contribution >= 0.6 is 0 Å². The number of aryl methyl sites for hydroxylation is 1. The Morgan fingerprint density at radius 2 is 2.16 bits per heavy atom. The second kappa shape index (κ2) is 4.07. The maximum atomic E-state index is 9.98. The Balaban J connectivity index is 2.24. The molecule has 3 aromatic rings. The molecule has 0 bridgehead atoms. The van der Waals surface area contributed by atoms with Gasteiger partial charge in [0, 0.05) is 10.9 Å². The minimum Gasteiger partial charge on any atom is -0.507 e. The fraction of sp³-hybridized carbons (Fsp3) is 0.0769. The van der Waals surface area contributed by atoms with Crippen molar-refractivity contribution in [1.29, 1.82) is 5.26 Å². The van der Waals surface area contributed by atoms with E-state index >= 15 is 0 Å². The molecule has 1 aromatic carbocycles. The van der Waals surface area contributed by atoms with Crippen molar-refractivity contribution in [3.63, 3.8) is 0 Å². The largest absolute Gasteiger partial charge is 0.507 e. The topological polar surface area (TPSA) is 98.5 Å². The second-order valence-electron chi connectivity index (χ2n) is 4.15. The van der Waals surface area contributed by atoms with E-state index in [1.165, 1.54) is 6.07 Å². The van der Waals surface area contributed by atoms with Gasteiger partial charge in [-0.25, -0.2) is 0 Å². The number of fused-ring (bicyclic) bond motifs is 1. The molecule has 0 saturated heterocycles. The van der Waals surface area contributed by atoms with Gasteiger partial charge in [0.2, 0.25) is 0 Å². The number of H-pyrrole nitrogens is 1. The Morgan fingerprint density at radius 3 is 2.89 bits per heavy atom. The first-order valence-electron chi connectivity index (χ1n) is 5.60. The van der Waals surface area contributed by atoms with Crippen molar-refractivity contribution in [2.75, 3.05) is 0 Å². The number of phenolic OH excluding ortho intramolecular Hbond substituents is 1. The number of aromatic amines is 1. The van der Waals surface area contributed by atoms with Gasteiger partial charge in [-0.3, -0.25) is 5.10 Å². The van der Waals surface area contributed by atoms with Crippen LogP contribution in [0.2, 0.25) is 0 Å². The maximum Gasteiger partial charge on any atom is 0.178 e. The van der Waals surface area contributed by atoms with E-state index in [1.807, 2.05) is 13.0 Å². The predicted molar refractivity (Wildman–Crippen MR) is 68.2 cm³/mol. The smallest absolute Gasteiger partial charge is 0.178 e. The number of aromatic nitrogens is 4. The van der Waals surface area contributed by atoms with E-state index < -0.39 is 0 Å². The number of benzene rings is 1. The summed E-state index contributed by atoms with van der Waals surface area (Å²) in [7, 11) is 0. The Bertz CT molecular complexity index is 816. The third-order valence-corrected chi connectivity index (χ3v) is 3.01. The van der Waals surface area contributed by atoms with Crippen LogP contribution in [-0.4, -0.2) is 25.5 Å². The molecule has 2 N–H and O–H groups in total. The number of aromatic hydroxyl groups is 1. The van der Waals surface area contributed by atoms with E-state index in [0.29, 0.717) is 22.5 Å². The highest BCUT2D eigenvalue weighted by atomic mass is 16.3. The molecule has 0 unspecified atom stereocenters. The molecule has 0 saturated carbocycles. The Kier molecular flexibility index (Phi) is 2.39. The molecule has 3 rings (SSSR count). The van der Waals surface area contributed by atoms with Crippen LogP contribution in [-0.2, 0) is 0 Å². The van der Waals surface area contributed by atoms with Crippen LogP contribution in [0.3, 0.4) is 0 Å². The number of hydrogen-bond acceptors (Lipinski definition) is 5. The highest BCUT2D eigenvalue weighted by molar-refractivity contribution is 5.84. The monoisotopic (exact) mass is 251 g/mol. The van der Waals surface area contributed by atoms with Crippen LogP contribution in [0.5, 0.6) is 5.75 Å². The van der Waals surface area contributed by atoms with Gasteiger partial charge in [0.25, 0.3) is 0 Å². The van der Waals surface area contributed by atoms with Gasteiger partial charge in [-0.2, -0.15) is 10.4 Å². The van der Waals surface area contributed by atoms with Crippen molar-refractivity contribution in [1.82, 2.24) is 20.4 Å². The molecular formula is C13H9N5O. The van der Waals surface area contributed by atoms with Gasteiger partial charge in [0.05, 0.1) is 17.8 Å². The molecule has 2 aromatic heterocycles. The van der Waals surface area contributed by atoms with Crippen molar-refractivity contribution in [3.8, 4) is 23.1 Å². The molecule has 0 amide bonds. The Hall–Kier alpha value is -2.94. The lowest BCUT2D eigenvalue weighted by Crippen LogP contribution is -1.94. The summed E-state index contributed by atoms with van der Waals surface area (Å²) in [6, 6.07) is 6.69. The zero-order chi connectivity index (χ0) is 13.4. The summed E-state index contributed by atoms with van der Waals surface area (Å²) in [6.45, 7) is 1.89. The Labute approximate surface area is 108 Å². The number of rotatable bonds is 1. The van der Waals surface area contributed by atoms with Crippen LogP contribution in [0.1, 0.15) is 11.1 Å². The van der Waals surface area contributed by atoms with E-state index in [0.717, 1.165) is 10.9 Å². The summed E-state index contributed by atoms with van der Waals surface area (Å²) in [4.78, 5) is 0. The van der Waals surface area contributed by atoms with Crippen LogP contribution in [0.15, 0.2) is 24.4 Å². The first-order valence-corrected chi connectivity index (χ1v) is 5.60. The lowest BCUT2D eigenvalue weighted by atomic mass is 10.0. The van der Waals surface area contributed by atoms with Crippen LogP contribution in [0, 0.1) is 18.3 Å². The molecule has 6 nitrogen and oxygen atoms in total. The van der Waals surface area contributed by atoms with E-state index in [1.54, 1.807) is 18.3 Å². The van der Waals surface area contributed by atoms with Crippen molar-refractivity contribution < 1.29 is 5.11 Å². The number of nitrogens with zero attached hydrogens (tertiary/aromatic N) is 4. The van der Waals surface area contributed by atoms with Gasteiger partial charge < -0.3 is 5.11 Å². The van der Waals surface area contributed by atoms with E-state index in [-0.39, 0.29) is 5.75 Å². The molecule has 0 atom stereocenters. The minimum absolute atomic E-state index is 0.0132. The molecular weight excluding hydrogens is 242 g/mol. The quantitative estimate of drug-likeness (QED) is 0.688.